The summed E-state index contributed by atoms with van der Waals surface area (Å²) in [7, 11) is -0.543. The van der Waals surface area contributed by atoms with E-state index >= 15 is 0 Å². The number of amides is 1. The fourth-order valence-electron chi connectivity index (χ4n) is 2.88. The fourth-order valence-corrected chi connectivity index (χ4v) is 5.01. The van der Waals surface area contributed by atoms with Gasteiger partial charge in [-0.15, -0.1) is 11.3 Å². The Kier molecular flexibility index (Phi) is 6.87. The van der Waals surface area contributed by atoms with E-state index in [1.54, 1.807) is 41.1 Å². The van der Waals surface area contributed by atoms with Crippen LogP contribution in [0.1, 0.15) is 31.1 Å². The highest BCUT2D eigenvalue weighted by atomic mass is 32.2. The third-order valence-corrected chi connectivity index (χ3v) is 6.80. The molecule has 2 aromatic carbocycles. The minimum atomic E-state index is -3.67. The van der Waals surface area contributed by atoms with Crippen LogP contribution in [0.2, 0.25) is 0 Å². The smallest absolute Gasteiger partial charge is 0.257 e. The summed E-state index contributed by atoms with van der Waals surface area (Å²) < 4.78 is 38.0. The lowest BCUT2D eigenvalue weighted by molar-refractivity contribution is 0.102. The molecule has 3 aromatic rings. The van der Waals surface area contributed by atoms with E-state index in [-0.39, 0.29) is 10.8 Å². The number of aromatic nitrogens is 1. The average molecular weight is 476 g/mol. The molecule has 8 nitrogen and oxygen atoms in total. The molecule has 0 bridgehead atoms. The summed E-state index contributed by atoms with van der Waals surface area (Å²) >= 11 is 1.28. The fraction of sp³-hybridized carbons (Fsp3) is 0.273. The first-order chi connectivity index (χ1) is 15.0. The van der Waals surface area contributed by atoms with Gasteiger partial charge in [0.15, 0.2) is 16.6 Å². The minimum Gasteiger partial charge on any atom is -0.493 e. The van der Waals surface area contributed by atoms with Crippen molar-refractivity contribution in [1.29, 1.82) is 0 Å². The molecule has 10 heteroatoms. The topological polar surface area (TPSA) is 107 Å². The Bertz CT molecular complexity index is 1210. The average Bonchev–Trinajstić information content (AvgIpc) is 3.20. The zero-order valence-electron chi connectivity index (χ0n) is 18.4. The number of carbonyl (C=O) groups is 1. The predicted octanol–water partition coefficient (Wildman–Crippen LogP) is 4.16. The van der Waals surface area contributed by atoms with E-state index < -0.39 is 15.6 Å². The number of benzene rings is 2. The molecule has 0 atom stereocenters. The Hall–Kier alpha value is -2.95. The molecule has 1 aromatic heterocycles. The molecule has 32 heavy (non-hydrogen) atoms. The molecule has 0 aliphatic carbocycles. The largest absolute Gasteiger partial charge is 0.493 e. The number of hydrogen-bond donors (Lipinski definition) is 2. The van der Waals surface area contributed by atoms with E-state index in [0.717, 1.165) is 5.56 Å². The minimum absolute atomic E-state index is 0.0916. The van der Waals surface area contributed by atoms with Crippen molar-refractivity contribution < 1.29 is 22.7 Å². The van der Waals surface area contributed by atoms with Gasteiger partial charge in [0.05, 0.1) is 24.8 Å². The van der Waals surface area contributed by atoms with Crippen LogP contribution in [-0.4, -0.2) is 39.1 Å². The van der Waals surface area contributed by atoms with Gasteiger partial charge < -0.3 is 9.47 Å². The molecule has 0 aliphatic heterocycles. The highest BCUT2D eigenvalue weighted by molar-refractivity contribution is 7.89. The molecule has 170 valence electrons. The number of ether oxygens (including phenoxy) is 2. The molecule has 0 spiro atoms. The van der Waals surface area contributed by atoms with Gasteiger partial charge in [0, 0.05) is 22.0 Å². The number of nitrogens with zero attached hydrogens (tertiary/aromatic N) is 1. The highest BCUT2D eigenvalue weighted by Crippen LogP contribution is 2.33. The van der Waals surface area contributed by atoms with Gasteiger partial charge in [0.25, 0.3) is 5.91 Å². The van der Waals surface area contributed by atoms with Crippen molar-refractivity contribution in [3.63, 3.8) is 0 Å². The summed E-state index contributed by atoms with van der Waals surface area (Å²) in [5.41, 5.74) is 1.22. The zero-order chi connectivity index (χ0) is 23.5. The molecule has 1 amide bonds. The number of rotatable bonds is 7. The van der Waals surface area contributed by atoms with Gasteiger partial charge in [-0.3, -0.25) is 10.1 Å². The van der Waals surface area contributed by atoms with Crippen LogP contribution in [0.3, 0.4) is 0 Å². The SMILES string of the molecule is COc1ccc(-c2csc(NC(=O)c3ccc(S(=O)(=O)NC(C)(C)C)cc3)n2)cc1OC. The molecule has 3 rings (SSSR count). The highest BCUT2D eigenvalue weighted by Gasteiger charge is 2.22. The third kappa shape index (κ3) is 5.64. The van der Waals surface area contributed by atoms with E-state index in [2.05, 4.69) is 15.0 Å². The number of nitrogens with one attached hydrogen (secondary N) is 2. The molecule has 0 unspecified atom stereocenters. The maximum atomic E-state index is 12.6. The van der Waals surface area contributed by atoms with Gasteiger partial charge in [0.1, 0.15) is 0 Å². The Morgan fingerprint density at radius 2 is 1.66 bits per heavy atom. The third-order valence-electron chi connectivity index (χ3n) is 4.27. The molecular weight excluding hydrogens is 450 g/mol. The van der Waals surface area contributed by atoms with Crippen LogP contribution in [0, 0.1) is 0 Å². The first-order valence-electron chi connectivity index (χ1n) is 9.66. The van der Waals surface area contributed by atoms with Gasteiger partial charge in [0.2, 0.25) is 10.0 Å². The predicted molar refractivity (Wildman–Crippen MR) is 125 cm³/mol. The zero-order valence-corrected chi connectivity index (χ0v) is 20.1. The van der Waals surface area contributed by atoms with Crippen LogP contribution < -0.4 is 19.5 Å². The van der Waals surface area contributed by atoms with Crippen LogP contribution >= 0.6 is 11.3 Å². The summed E-state index contributed by atoms with van der Waals surface area (Å²) in [6, 6.07) is 11.2. The monoisotopic (exact) mass is 475 g/mol. The maximum absolute atomic E-state index is 12.6. The van der Waals surface area contributed by atoms with Crippen molar-refractivity contribution in [2.24, 2.45) is 0 Å². The van der Waals surface area contributed by atoms with Crippen molar-refractivity contribution in [3.8, 4) is 22.8 Å². The van der Waals surface area contributed by atoms with Crippen molar-refractivity contribution in [2.45, 2.75) is 31.2 Å². The van der Waals surface area contributed by atoms with Crippen LogP contribution in [-0.2, 0) is 10.0 Å². The summed E-state index contributed by atoms with van der Waals surface area (Å²) in [6.07, 6.45) is 0. The Balaban J connectivity index is 1.73. The normalized spacial score (nSPS) is 11.8. The van der Waals surface area contributed by atoms with Crippen molar-refractivity contribution in [1.82, 2.24) is 9.71 Å². The Morgan fingerprint density at radius 1 is 1.00 bits per heavy atom. The van der Waals surface area contributed by atoms with Gasteiger partial charge in [-0.25, -0.2) is 18.1 Å². The lowest BCUT2D eigenvalue weighted by atomic mass is 10.1. The number of sulfonamides is 1. The number of carbonyl (C=O) groups excluding carboxylic acids is 1. The van der Waals surface area contributed by atoms with E-state index in [4.69, 9.17) is 9.47 Å². The van der Waals surface area contributed by atoms with Crippen molar-refractivity contribution in [2.75, 3.05) is 19.5 Å². The molecule has 2 N–H and O–H groups in total. The molecule has 1 heterocycles. The molecule has 0 fully saturated rings. The summed E-state index contributed by atoms with van der Waals surface area (Å²) in [4.78, 5) is 17.1. The van der Waals surface area contributed by atoms with Crippen molar-refractivity contribution >= 4 is 32.4 Å². The van der Waals surface area contributed by atoms with Crippen LogP contribution in [0.15, 0.2) is 52.7 Å². The first kappa shape index (κ1) is 23.7. The lowest BCUT2D eigenvalue weighted by Gasteiger charge is -2.20. The van der Waals surface area contributed by atoms with Gasteiger partial charge in [-0.1, -0.05) is 0 Å². The van der Waals surface area contributed by atoms with Gasteiger partial charge in [-0.05, 0) is 63.2 Å². The summed E-state index contributed by atoms with van der Waals surface area (Å²) in [6.45, 7) is 5.28. The maximum Gasteiger partial charge on any atom is 0.257 e. The molecule has 0 saturated carbocycles. The van der Waals surface area contributed by atoms with Gasteiger partial charge in [-0.2, -0.15) is 0 Å². The van der Waals surface area contributed by atoms with Crippen molar-refractivity contribution in [3.05, 3.63) is 53.4 Å². The second-order valence-corrected chi connectivity index (χ2v) is 10.5. The van der Waals surface area contributed by atoms with Gasteiger partial charge >= 0.3 is 0 Å². The second-order valence-electron chi connectivity index (χ2n) is 7.94. The Labute approximate surface area is 191 Å². The molecular formula is C22H25N3O5S2. The van der Waals surface area contributed by atoms with Crippen LogP contribution in [0.25, 0.3) is 11.3 Å². The number of hydrogen-bond acceptors (Lipinski definition) is 7. The number of anilines is 1. The summed E-state index contributed by atoms with van der Waals surface area (Å²) in [5.74, 6) is 0.814. The lowest BCUT2D eigenvalue weighted by Crippen LogP contribution is -2.40. The number of thiazole rings is 1. The standard InChI is InChI=1S/C22H25N3O5S2/c1-22(2,3)25-32(27,28)16-9-6-14(7-10-16)20(26)24-21-23-17(13-31-21)15-8-11-18(29-4)19(12-15)30-5/h6-13,25H,1-5H3,(H,23,24,26). The molecule has 0 radical (unpaired) electrons. The quantitative estimate of drug-likeness (QED) is 0.532. The second kappa shape index (κ2) is 9.27. The van der Waals surface area contributed by atoms with E-state index in [1.165, 1.54) is 35.6 Å². The van der Waals surface area contributed by atoms with E-state index in [1.807, 2.05) is 17.5 Å². The summed E-state index contributed by atoms with van der Waals surface area (Å²) in [5, 5.41) is 4.99. The van der Waals surface area contributed by atoms with Crippen LogP contribution in [0.4, 0.5) is 5.13 Å². The molecule has 0 saturated heterocycles. The van der Waals surface area contributed by atoms with Crippen LogP contribution in [0.5, 0.6) is 11.5 Å². The number of methoxy groups -OCH3 is 2. The Morgan fingerprint density at radius 3 is 2.25 bits per heavy atom. The molecule has 0 aliphatic rings. The first-order valence-corrected chi connectivity index (χ1v) is 12.0. The van der Waals surface area contributed by atoms with E-state index in [9.17, 15) is 13.2 Å². The van der Waals surface area contributed by atoms with E-state index in [0.29, 0.717) is 27.9 Å².